The number of hydrogen-bond donors (Lipinski definition) is 1. The summed E-state index contributed by atoms with van der Waals surface area (Å²) in [6.07, 6.45) is 6.06. The van der Waals surface area contributed by atoms with Crippen molar-refractivity contribution in [3.05, 3.63) is 45.4 Å². The summed E-state index contributed by atoms with van der Waals surface area (Å²) in [4.78, 5) is 51.0. The summed E-state index contributed by atoms with van der Waals surface area (Å²) in [5, 5.41) is 15.1. The van der Waals surface area contributed by atoms with Crippen LogP contribution in [-0.4, -0.2) is 92.3 Å². The Hall–Kier alpha value is -4.26. The van der Waals surface area contributed by atoms with Crippen LogP contribution in [0, 0.1) is 0 Å². The summed E-state index contributed by atoms with van der Waals surface area (Å²) >= 11 is 0. The molecule has 1 N–H and O–H groups in total. The van der Waals surface area contributed by atoms with Crippen molar-refractivity contribution in [3.63, 3.8) is 0 Å². The van der Waals surface area contributed by atoms with E-state index >= 15 is 0 Å². The van der Waals surface area contributed by atoms with Crippen molar-refractivity contribution in [2.24, 2.45) is 0 Å². The zero-order chi connectivity index (χ0) is 27.1. The second-order valence-corrected chi connectivity index (χ2v) is 9.62. The first-order valence-electron chi connectivity index (χ1n) is 13.1. The van der Waals surface area contributed by atoms with Crippen molar-refractivity contribution in [2.75, 3.05) is 50.9 Å². The molecule has 0 saturated carbocycles. The summed E-state index contributed by atoms with van der Waals surface area (Å²) < 4.78 is 13.9. The average molecular weight is 536 g/mol. The number of aromatic nitrogens is 5. The molecule has 0 unspecified atom stereocenters. The molecule has 3 aliphatic rings. The van der Waals surface area contributed by atoms with E-state index in [1.54, 1.807) is 15.7 Å². The van der Waals surface area contributed by atoms with Gasteiger partial charge in [0.1, 0.15) is 12.0 Å². The number of piperazine rings is 1. The SMILES string of the molecule is CCc1c(N2CCN(C(=O)c3ncc4c(c3O)OCC4)CC2)c(=O)n2nc(C3=CCOCC3)nc2n1CC=O. The van der Waals surface area contributed by atoms with E-state index in [2.05, 4.69) is 15.1 Å². The summed E-state index contributed by atoms with van der Waals surface area (Å²) in [6.45, 7) is 4.83. The van der Waals surface area contributed by atoms with Crippen LogP contribution in [0.3, 0.4) is 0 Å². The molecule has 13 heteroatoms. The summed E-state index contributed by atoms with van der Waals surface area (Å²) in [6, 6.07) is 0. The number of hydrogen-bond acceptors (Lipinski definition) is 10. The van der Waals surface area contributed by atoms with Crippen molar-refractivity contribution in [3.8, 4) is 11.5 Å². The number of pyridine rings is 1. The van der Waals surface area contributed by atoms with Crippen LogP contribution in [0.2, 0.25) is 0 Å². The summed E-state index contributed by atoms with van der Waals surface area (Å²) in [5.74, 6) is 0.488. The van der Waals surface area contributed by atoms with Gasteiger partial charge in [0.25, 0.3) is 11.5 Å². The number of carbonyl (C=O) groups excluding carboxylic acids is 2. The van der Waals surface area contributed by atoms with Gasteiger partial charge in [-0.2, -0.15) is 9.50 Å². The molecular weight excluding hydrogens is 506 g/mol. The third-order valence-electron chi connectivity index (χ3n) is 7.45. The van der Waals surface area contributed by atoms with E-state index < -0.39 is 0 Å². The second kappa shape index (κ2) is 10.1. The molecule has 0 spiro atoms. The van der Waals surface area contributed by atoms with Gasteiger partial charge in [-0.25, -0.2) is 4.98 Å². The van der Waals surface area contributed by atoms with Crippen LogP contribution in [0.5, 0.6) is 11.5 Å². The highest BCUT2D eigenvalue weighted by Crippen LogP contribution is 2.36. The van der Waals surface area contributed by atoms with Gasteiger partial charge >= 0.3 is 0 Å². The van der Waals surface area contributed by atoms with E-state index in [9.17, 15) is 19.5 Å². The highest BCUT2D eigenvalue weighted by Gasteiger charge is 2.31. The van der Waals surface area contributed by atoms with Gasteiger partial charge in [-0.3, -0.25) is 9.59 Å². The Kier molecular flexibility index (Phi) is 6.51. The lowest BCUT2D eigenvalue weighted by Crippen LogP contribution is -2.51. The first-order chi connectivity index (χ1) is 19.0. The Labute approximate surface area is 223 Å². The molecule has 6 rings (SSSR count). The van der Waals surface area contributed by atoms with Crippen LogP contribution in [0.25, 0.3) is 11.4 Å². The first kappa shape index (κ1) is 25.0. The van der Waals surface area contributed by atoms with Gasteiger partial charge in [-0.05, 0) is 18.4 Å². The molecule has 3 aliphatic heterocycles. The maximum Gasteiger partial charge on any atom is 0.299 e. The van der Waals surface area contributed by atoms with Crippen molar-refractivity contribution < 1.29 is 24.2 Å². The highest BCUT2D eigenvalue weighted by atomic mass is 16.5. The van der Waals surface area contributed by atoms with Gasteiger partial charge in [0.05, 0.1) is 32.1 Å². The predicted molar refractivity (Wildman–Crippen MR) is 139 cm³/mol. The second-order valence-electron chi connectivity index (χ2n) is 9.62. The van der Waals surface area contributed by atoms with Gasteiger partial charge < -0.3 is 33.7 Å². The van der Waals surface area contributed by atoms with Gasteiger partial charge in [-0.1, -0.05) is 13.0 Å². The molecule has 1 amide bonds. The number of aldehydes is 1. The van der Waals surface area contributed by atoms with E-state index in [-0.39, 0.29) is 29.5 Å². The van der Waals surface area contributed by atoms with E-state index in [0.717, 1.165) is 17.4 Å². The Morgan fingerprint density at radius 1 is 1.18 bits per heavy atom. The number of ether oxygens (including phenoxy) is 2. The number of nitrogens with zero attached hydrogens (tertiary/aromatic N) is 7. The van der Waals surface area contributed by atoms with Crippen LogP contribution in [0.15, 0.2) is 17.1 Å². The monoisotopic (exact) mass is 535 g/mol. The third kappa shape index (κ3) is 4.22. The molecule has 0 bridgehead atoms. The largest absolute Gasteiger partial charge is 0.503 e. The lowest BCUT2D eigenvalue weighted by molar-refractivity contribution is -0.108. The molecule has 0 aromatic carbocycles. The molecular formula is C26H29N7O6. The maximum absolute atomic E-state index is 13.8. The smallest absolute Gasteiger partial charge is 0.299 e. The van der Waals surface area contributed by atoms with Crippen LogP contribution < -0.4 is 15.2 Å². The molecule has 13 nitrogen and oxygen atoms in total. The van der Waals surface area contributed by atoms with Crippen molar-refractivity contribution in [2.45, 2.75) is 32.7 Å². The van der Waals surface area contributed by atoms with Gasteiger partial charge in [-0.15, -0.1) is 5.10 Å². The Morgan fingerprint density at radius 3 is 2.72 bits per heavy atom. The van der Waals surface area contributed by atoms with Crippen molar-refractivity contribution in [1.82, 2.24) is 29.0 Å². The lowest BCUT2D eigenvalue weighted by Gasteiger charge is -2.36. The fourth-order valence-electron chi connectivity index (χ4n) is 5.46. The number of carbonyl (C=O) groups is 2. The molecule has 1 fully saturated rings. The molecule has 204 valence electrons. The van der Waals surface area contributed by atoms with Crippen molar-refractivity contribution >= 4 is 29.2 Å². The fourth-order valence-corrected chi connectivity index (χ4v) is 5.46. The van der Waals surface area contributed by atoms with Crippen LogP contribution >= 0.6 is 0 Å². The first-order valence-corrected chi connectivity index (χ1v) is 13.1. The molecule has 3 aromatic heterocycles. The van der Waals surface area contributed by atoms with Gasteiger partial charge in [0.15, 0.2) is 23.0 Å². The summed E-state index contributed by atoms with van der Waals surface area (Å²) in [7, 11) is 0. The van der Waals surface area contributed by atoms with Gasteiger partial charge in [0, 0.05) is 44.4 Å². The van der Waals surface area contributed by atoms with Crippen molar-refractivity contribution in [1.29, 1.82) is 0 Å². The van der Waals surface area contributed by atoms with Crippen LogP contribution in [0.1, 0.15) is 40.9 Å². The normalized spacial score (nSPS) is 17.2. The molecule has 1 saturated heterocycles. The van der Waals surface area contributed by atoms with E-state index in [4.69, 9.17) is 9.47 Å². The number of aromatic hydroxyl groups is 1. The number of amides is 1. The van der Waals surface area contributed by atoms with Gasteiger partial charge in [0.2, 0.25) is 5.78 Å². The molecule has 3 aromatic rings. The molecule has 0 radical (unpaired) electrons. The molecule has 6 heterocycles. The van der Waals surface area contributed by atoms with E-state index in [1.165, 1.54) is 4.52 Å². The molecule has 0 aliphatic carbocycles. The topological polar surface area (TPSA) is 144 Å². The zero-order valence-electron chi connectivity index (χ0n) is 21.6. The zero-order valence-corrected chi connectivity index (χ0v) is 21.6. The minimum atomic E-state index is -0.388. The standard InChI is InChI=1S/C26H29N7O6/c1-2-18-20(25(37)33-26(32(18)10-11-34)28-23(29-33)16-3-12-38-13-4-16)30-6-8-31(9-7-30)24(36)19-21(35)22-17(15-27-19)5-14-39-22/h3,11,15,35H,2,4-10,12-14H2,1H3. The molecule has 39 heavy (non-hydrogen) atoms. The highest BCUT2D eigenvalue weighted by molar-refractivity contribution is 5.96. The third-order valence-corrected chi connectivity index (χ3v) is 7.45. The predicted octanol–water partition coefficient (Wildman–Crippen LogP) is 0.454. The van der Waals surface area contributed by atoms with Crippen LogP contribution in [-0.2, 0) is 28.9 Å². The number of anilines is 1. The summed E-state index contributed by atoms with van der Waals surface area (Å²) in [5.41, 5.74) is 2.48. The molecule has 0 atom stereocenters. The number of fused-ring (bicyclic) bond motifs is 2. The Morgan fingerprint density at radius 2 is 2.00 bits per heavy atom. The van der Waals surface area contributed by atoms with Crippen LogP contribution in [0.4, 0.5) is 5.69 Å². The lowest BCUT2D eigenvalue weighted by atomic mass is 10.1. The Balaban J connectivity index is 1.31. The quantitative estimate of drug-likeness (QED) is 0.442. The minimum absolute atomic E-state index is 0.0318. The van der Waals surface area contributed by atoms with E-state index in [0.29, 0.717) is 94.0 Å². The van der Waals surface area contributed by atoms with E-state index in [1.807, 2.05) is 17.9 Å². The maximum atomic E-state index is 13.8. The Bertz CT molecular complexity index is 1550. The average Bonchev–Trinajstić information content (AvgIpc) is 3.64. The fraction of sp³-hybridized carbons (Fsp3) is 0.462. The minimum Gasteiger partial charge on any atom is -0.503 e. The number of rotatable bonds is 6.